The Labute approximate surface area is 163 Å². The molecule has 0 N–H and O–H groups in total. The zero-order valence-electron chi connectivity index (χ0n) is 15.4. The van der Waals surface area contributed by atoms with Crippen LogP contribution < -0.4 is 0 Å². The molecule has 0 spiro atoms. The highest BCUT2D eigenvalue weighted by Crippen LogP contribution is 2.34. The summed E-state index contributed by atoms with van der Waals surface area (Å²) in [5, 5.41) is 0. The lowest BCUT2D eigenvalue weighted by molar-refractivity contribution is -0.709. The van der Waals surface area contributed by atoms with Gasteiger partial charge in [0.05, 0.1) is 19.5 Å². The fourth-order valence-corrected chi connectivity index (χ4v) is 4.72. The highest BCUT2D eigenvalue weighted by molar-refractivity contribution is 9.18. The van der Waals surface area contributed by atoms with Crippen LogP contribution in [0.3, 0.4) is 0 Å². The highest BCUT2D eigenvalue weighted by Gasteiger charge is 2.42. The summed E-state index contributed by atoms with van der Waals surface area (Å²) in [6.07, 6.45) is 7.98. The molecular formula is C18H26BrN6O+. The topological polar surface area (TPSA) is 51.5 Å². The van der Waals surface area contributed by atoms with Crippen molar-refractivity contribution in [1.82, 2.24) is 14.7 Å². The molecule has 8 heteroatoms. The van der Waals surface area contributed by atoms with Crippen LogP contribution in [0.1, 0.15) is 19.8 Å². The van der Waals surface area contributed by atoms with Crippen molar-refractivity contribution >= 4 is 32.8 Å². The van der Waals surface area contributed by atoms with E-state index in [-0.39, 0.29) is 5.91 Å². The Morgan fingerprint density at radius 3 is 2.54 bits per heavy atom. The third kappa shape index (κ3) is 3.04. The van der Waals surface area contributed by atoms with Gasteiger partial charge in [0.1, 0.15) is 6.20 Å². The molecule has 4 aliphatic rings. The molecular weight excluding hydrogens is 396 g/mol. The Bertz CT molecular complexity index is 713. The number of amidine groups is 1. The number of carbonyl (C=O) groups is 1. The lowest BCUT2D eigenvalue weighted by Gasteiger charge is -2.43. The molecule has 0 radical (unpaired) electrons. The van der Waals surface area contributed by atoms with E-state index in [0.717, 1.165) is 68.4 Å². The van der Waals surface area contributed by atoms with Gasteiger partial charge in [-0.15, -0.1) is 0 Å². The van der Waals surface area contributed by atoms with Gasteiger partial charge in [0, 0.05) is 68.2 Å². The van der Waals surface area contributed by atoms with Gasteiger partial charge in [0.2, 0.25) is 11.6 Å². The molecule has 0 aromatic heterocycles. The van der Waals surface area contributed by atoms with E-state index in [9.17, 15) is 4.79 Å². The number of piperidine rings is 1. The molecule has 0 saturated carbocycles. The molecule has 2 saturated heterocycles. The SMILES string of the molecule is CC(=O)N1CCC(N2CCN(C3=C4C=NC=C[N+]4(C)C(Br)=N3)CC2)CC1. The van der Waals surface area contributed by atoms with Crippen LogP contribution in [0.25, 0.3) is 0 Å². The largest absolute Gasteiger partial charge is 0.349 e. The number of aliphatic imine (C=N–C) groups is 2. The first kappa shape index (κ1) is 17.9. The van der Waals surface area contributed by atoms with E-state index in [1.54, 1.807) is 6.92 Å². The fraction of sp³-hybridized carbons (Fsp3) is 0.611. The monoisotopic (exact) mass is 421 g/mol. The number of rotatable bonds is 2. The first-order chi connectivity index (χ1) is 12.5. The van der Waals surface area contributed by atoms with E-state index in [4.69, 9.17) is 4.99 Å². The van der Waals surface area contributed by atoms with Gasteiger partial charge in [-0.2, -0.15) is 4.99 Å². The molecule has 2 fully saturated rings. The molecule has 1 unspecified atom stereocenters. The van der Waals surface area contributed by atoms with Crippen LogP contribution in [-0.4, -0.2) is 88.4 Å². The van der Waals surface area contributed by atoms with Gasteiger partial charge < -0.3 is 9.80 Å². The van der Waals surface area contributed by atoms with Crippen molar-refractivity contribution in [1.29, 1.82) is 0 Å². The quantitative estimate of drug-likeness (QED) is 0.501. The van der Waals surface area contributed by atoms with E-state index in [2.05, 4.69) is 44.0 Å². The first-order valence-corrected chi connectivity index (χ1v) is 10.1. The molecule has 0 aromatic carbocycles. The van der Waals surface area contributed by atoms with E-state index in [1.807, 2.05) is 17.3 Å². The molecule has 0 aliphatic carbocycles. The number of hydrogen-bond acceptors (Lipinski definition) is 5. The van der Waals surface area contributed by atoms with Crippen molar-refractivity contribution < 1.29 is 9.28 Å². The van der Waals surface area contributed by atoms with Gasteiger partial charge in [-0.25, -0.2) is 4.48 Å². The number of likely N-dealkylation sites (tertiary alicyclic amines) is 1. The van der Waals surface area contributed by atoms with E-state index in [1.165, 1.54) is 0 Å². The second-order valence-corrected chi connectivity index (χ2v) is 8.21. The van der Waals surface area contributed by atoms with Gasteiger partial charge in [0.15, 0.2) is 5.82 Å². The third-order valence-electron chi connectivity index (χ3n) is 6.00. The predicted molar refractivity (Wildman–Crippen MR) is 106 cm³/mol. The van der Waals surface area contributed by atoms with Crippen molar-refractivity contribution in [2.45, 2.75) is 25.8 Å². The van der Waals surface area contributed by atoms with Crippen LogP contribution in [-0.2, 0) is 4.79 Å². The second-order valence-electron chi connectivity index (χ2n) is 7.50. The van der Waals surface area contributed by atoms with Crippen LogP contribution in [0.2, 0.25) is 0 Å². The number of nitrogens with zero attached hydrogens (tertiary/aromatic N) is 6. The Hall–Kier alpha value is -1.51. The number of allylic oxidation sites excluding steroid dienone is 1. The molecule has 1 amide bonds. The number of fused-ring (bicyclic) bond motifs is 1. The van der Waals surface area contributed by atoms with E-state index < -0.39 is 0 Å². The van der Waals surface area contributed by atoms with Gasteiger partial charge in [-0.1, -0.05) is 0 Å². The Morgan fingerprint density at radius 1 is 1.19 bits per heavy atom. The summed E-state index contributed by atoms with van der Waals surface area (Å²) in [7, 11) is 2.12. The van der Waals surface area contributed by atoms with E-state index in [0.29, 0.717) is 10.5 Å². The van der Waals surface area contributed by atoms with Gasteiger partial charge in [0.25, 0.3) is 4.74 Å². The van der Waals surface area contributed by atoms with Crippen molar-refractivity contribution in [3.8, 4) is 0 Å². The maximum Gasteiger partial charge on any atom is 0.283 e. The zero-order chi connectivity index (χ0) is 18.3. The van der Waals surface area contributed by atoms with E-state index >= 15 is 0 Å². The van der Waals surface area contributed by atoms with Crippen molar-refractivity contribution in [2.75, 3.05) is 46.3 Å². The minimum atomic E-state index is 0.204. The van der Waals surface area contributed by atoms with Crippen LogP contribution in [0.5, 0.6) is 0 Å². The normalized spacial score (nSPS) is 30.0. The number of carbonyl (C=O) groups excluding carboxylic acids is 1. The summed E-state index contributed by atoms with van der Waals surface area (Å²) >= 11 is 3.63. The second kappa shape index (κ2) is 6.90. The lowest BCUT2D eigenvalue weighted by Crippen LogP contribution is -2.53. The minimum absolute atomic E-state index is 0.204. The molecule has 7 nitrogen and oxygen atoms in total. The summed E-state index contributed by atoms with van der Waals surface area (Å²) < 4.78 is 1.46. The number of piperazine rings is 1. The summed E-state index contributed by atoms with van der Waals surface area (Å²) in [4.78, 5) is 27.6. The smallest absolute Gasteiger partial charge is 0.283 e. The summed E-state index contributed by atoms with van der Waals surface area (Å²) in [5.74, 6) is 1.24. The predicted octanol–water partition coefficient (Wildman–Crippen LogP) is 1.55. The van der Waals surface area contributed by atoms with Gasteiger partial charge in [-0.3, -0.25) is 14.7 Å². The molecule has 0 bridgehead atoms. The Balaban J connectivity index is 1.39. The molecule has 4 heterocycles. The summed E-state index contributed by atoms with van der Waals surface area (Å²) in [6, 6.07) is 0.601. The summed E-state index contributed by atoms with van der Waals surface area (Å²) in [5.41, 5.74) is 1.13. The first-order valence-electron chi connectivity index (χ1n) is 9.30. The maximum absolute atomic E-state index is 11.5. The fourth-order valence-electron chi connectivity index (χ4n) is 4.24. The molecule has 140 valence electrons. The highest BCUT2D eigenvalue weighted by atomic mass is 79.9. The Morgan fingerprint density at radius 2 is 1.88 bits per heavy atom. The van der Waals surface area contributed by atoms with Crippen LogP contribution in [0.15, 0.2) is 33.9 Å². The lowest BCUT2D eigenvalue weighted by atomic mass is 10.0. The van der Waals surface area contributed by atoms with Gasteiger partial charge in [-0.05, 0) is 12.8 Å². The molecule has 26 heavy (non-hydrogen) atoms. The molecule has 4 rings (SSSR count). The number of amides is 1. The molecule has 4 aliphatic heterocycles. The third-order valence-corrected chi connectivity index (χ3v) is 6.91. The summed E-state index contributed by atoms with van der Waals surface area (Å²) in [6.45, 7) is 7.51. The zero-order valence-corrected chi connectivity index (χ0v) is 17.0. The van der Waals surface area contributed by atoms with Crippen LogP contribution in [0.4, 0.5) is 0 Å². The van der Waals surface area contributed by atoms with Gasteiger partial charge >= 0.3 is 0 Å². The number of halogens is 1. The average molecular weight is 422 g/mol. The Kier molecular flexibility index (Phi) is 4.75. The molecule has 1 atom stereocenters. The molecule has 0 aromatic rings. The maximum atomic E-state index is 11.5. The number of quaternary nitrogens is 1. The minimum Gasteiger partial charge on any atom is -0.349 e. The van der Waals surface area contributed by atoms with Crippen molar-refractivity contribution in [3.63, 3.8) is 0 Å². The standard InChI is InChI=1S/C18H26BrN6O/c1-14(26)22-6-3-15(4-7-22)23-8-10-24(11-9-23)17-16-13-20-5-12-25(16,2)18(19)21-17/h5,12-13,15H,3-4,6-11H2,1-2H3/q+1. The van der Waals surface area contributed by atoms with Crippen LogP contribution >= 0.6 is 15.9 Å². The van der Waals surface area contributed by atoms with Crippen molar-refractivity contribution in [3.05, 3.63) is 23.9 Å². The van der Waals surface area contributed by atoms with Crippen molar-refractivity contribution in [2.24, 2.45) is 9.98 Å². The van der Waals surface area contributed by atoms with Crippen LogP contribution in [0, 0.1) is 0 Å². The number of hydrogen-bond donors (Lipinski definition) is 0. The average Bonchev–Trinajstić information content (AvgIpc) is 2.93.